The number of aromatic nitrogens is 1. The second-order valence-electron chi connectivity index (χ2n) is 4.66. The van der Waals surface area contributed by atoms with Crippen molar-refractivity contribution in [2.45, 2.75) is 25.8 Å². The first-order valence-corrected chi connectivity index (χ1v) is 6.03. The van der Waals surface area contributed by atoms with E-state index in [1.807, 2.05) is 0 Å². The van der Waals surface area contributed by atoms with Crippen molar-refractivity contribution in [1.29, 1.82) is 0 Å². The van der Waals surface area contributed by atoms with E-state index in [0.717, 1.165) is 12.8 Å². The number of aliphatic carboxylic acids is 1. The van der Waals surface area contributed by atoms with Crippen molar-refractivity contribution in [3.63, 3.8) is 0 Å². The van der Waals surface area contributed by atoms with Gasteiger partial charge in [-0.3, -0.25) is 14.6 Å². The Balaban J connectivity index is 2.11. The molecule has 0 radical (unpaired) electrons. The van der Waals surface area contributed by atoms with Crippen LogP contribution in [0.4, 0.5) is 0 Å². The van der Waals surface area contributed by atoms with Crippen LogP contribution < -0.4 is 0 Å². The number of carbonyl (C=O) groups is 2. The second kappa shape index (κ2) is 5.16. The minimum Gasteiger partial charge on any atom is -0.481 e. The lowest BCUT2D eigenvalue weighted by Gasteiger charge is -2.24. The molecule has 1 unspecified atom stereocenters. The van der Waals surface area contributed by atoms with Crippen molar-refractivity contribution in [3.8, 4) is 0 Å². The molecule has 1 amide bonds. The van der Waals surface area contributed by atoms with Gasteiger partial charge < -0.3 is 10.0 Å². The fraction of sp³-hybridized carbons (Fsp3) is 0.462. The largest absolute Gasteiger partial charge is 0.481 e. The average molecular weight is 248 g/mol. The van der Waals surface area contributed by atoms with E-state index in [4.69, 9.17) is 5.11 Å². The van der Waals surface area contributed by atoms with Crippen molar-refractivity contribution < 1.29 is 14.7 Å². The number of pyridine rings is 1. The number of hydrogen-bond acceptors (Lipinski definition) is 3. The molecule has 18 heavy (non-hydrogen) atoms. The molecule has 1 aliphatic carbocycles. The third-order valence-electron chi connectivity index (χ3n) is 3.07. The van der Waals surface area contributed by atoms with Gasteiger partial charge in [0.1, 0.15) is 0 Å². The number of amides is 1. The Morgan fingerprint density at radius 3 is 2.56 bits per heavy atom. The predicted molar refractivity (Wildman–Crippen MR) is 65.1 cm³/mol. The number of nitrogens with zero attached hydrogens (tertiary/aromatic N) is 2. The second-order valence-corrected chi connectivity index (χ2v) is 4.66. The summed E-state index contributed by atoms with van der Waals surface area (Å²) in [6.07, 6.45) is 5.06. The highest BCUT2D eigenvalue weighted by molar-refractivity contribution is 5.94. The first-order chi connectivity index (χ1) is 8.59. The van der Waals surface area contributed by atoms with E-state index in [9.17, 15) is 9.59 Å². The molecule has 0 spiro atoms. The van der Waals surface area contributed by atoms with Gasteiger partial charge in [0.15, 0.2) is 0 Å². The van der Waals surface area contributed by atoms with Crippen molar-refractivity contribution in [3.05, 3.63) is 30.1 Å². The van der Waals surface area contributed by atoms with Crippen LogP contribution in [0.3, 0.4) is 0 Å². The summed E-state index contributed by atoms with van der Waals surface area (Å²) in [6.45, 7) is 1.89. The van der Waals surface area contributed by atoms with Crippen LogP contribution >= 0.6 is 0 Å². The van der Waals surface area contributed by atoms with E-state index in [-0.39, 0.29) is 18.5 Å². The van der Waals surface area contributed by atoms with Gasteiger partial charge in [-0.2, -0.15) is 0 Å². The van der Waals surface area contributed by atoms with Crippen molar-refractivity contribution in [2.75, 3.05) is 6.54 Å². The van der Waals surface area contributed by atoms with E-state index in [2.05, 4.69) is 4.98 Å². The lowest BCUT2D eigenvalue weighted by Crippen LogP contribution is -2.38. The van der Waals surface area contributed by atoms with Gasteiger partial charge in [0.2, 0.25) is 0 Å². The van der Waals surface area contributed by atoms with Gasteiger partial charge in [-0.1, -0.05) is 6.92 Å². The molecule has 1 N–H and O–H groups in total. The minimum absolute atomic E-state index is 0.104. The Morgan fingerprint density at radius 2 is 2.06 bits per heavy atom. The lowest BCUT2D eigenvalue weighted by atomic mass is 10.1. The van der Waals surface area contributed by atoms with E-state index >= 15 is 0 Å². The summed E-state index contributed by atoms with van der Waals surface area (Å²) in [7, 11) is 0. The molecule has 1 fully saturated rings. The highest BCUT2D eigenvalue weighted by Gasteiger charge is 2.34. The molecule has 1 aromatic rings. The zero-order valence-electron chi connectivity index (χ0n) is 10.2. The Hall–Kier alpha value is -1.91. The van der Waals surface area contributed by atoms with Gasteiger partial charge in [0, 0.05) is 30.5 Å². The van der Waals surface area contributed by atoms with Crippen molar-refractivity contribution >= 4 is 11.9 Å². The lowest BCUT2D eigenvalue weighted by molar-refractivity contribution is -0.141. The molecule has 96 valence electrons. The zero-order valence-corrected chi connectivity index (χ0v) is 10.2. The standard InChI is InChI=1S/C13H16N2O3/c1-9(13(17)18)8-15(11-2-3-11)12(16)10-4-6-14-7-5-10/h4-7,9,11H,2-3,8H2,1H3,(H,17,18). The van der Waals surface area contributed by atoms with Crippen LogP contribution in [0.2, 0.25) is 0 Å². The molecule has 1 atom stereocenters. The quantitative estimate of drug-likeness (QED) is 0.855. The molecule has 1 aromatic heterocycles. The molecule has 0 aromatic carbocycles. The number of rotatable bonds is 5. The van der Waals surface area contributed by atoms with Crippen LogP contribution in [0.5, 0.6) is 0 Å². The fourth-order valence-corrected chi connectivity index (χ4v) is 1.82. The topological polar surface area (TPSA) is 70.5 Å². The SMILES string of the molecule is CC(CN(C(=O)c1ccncc1)C1CC1)C(=O)O. The molecule has 5 heteroatoms. The maximum atomic E-state index is 12.3. The first kappa shape index (κ1) is 12.5. The average Bonchev–Trinajstić information content (AvgIpc) is 3.20. The zero-order chi connectivity index (χ0) is 13.1. The van der Waals surface area contributed by atoms with Crippen LogP contribution in [0, 0.1) is 5.92 Å². The van der Waals surface area contributed by atoms with Crippen LogP contribution in [0.25, 0.3) is 0 Å². The number of carbonyl (C=O) groups excluding carboxylic acids is 1. The van der Waals surface area contributed by atoms with E-state index in [1.54, 1.807) is 36.4 Å². The number of carboxylic acid groups (broad SMARTS) is 1. The molecule has 0 bridgehead atoms. The molecule has 0 aliphatic heterocycles. The third kappa shape index (κ3) is 2.85. The molecule has 1 saturated carbocycles. The van der Waals surface area contributed by atoms with Crippen LogP contribution in [0.15, 0.2) is 24.5 Å². The van der Waals surface area contributed by atoms with Crippen molar-refractivity contribution in [2.24, 2.45) is 5.92 Å². The number of hydrogen-bond donors (Lipinski definition) is 1. The third-order valence-corrected chi connectivity index (χ3v) is 3.07. The normalized spacial score (nSPS) is 16.1. The summed E-state index contributed by atoms with van der Waals surface area (Å²) in [4.78, 5) is 28.7. The summed E-state index contributed by atoms with van der Waals surface area (Å²) in [5.41, 5.74) is 0.564. The maximum absolute atomic E-state index is 12.3. The minimum atomic E-state index is -0.872. The van der Waals surface area contributed by atoms with Crippen LogP contribution in [-0.2, 0) is 4.79 Å². The highest BCUT2D eigenvalue weighted by Crippen LogP contribution is 2.29. The number of carboxylic acids is 1. The van der Waals surface area contributed by atoms with Crippen LogP contribution in [0.1, 0.15) is 30.1 Å². The van der Waals surface area contributed by atoms with Gasteiger partial charge in [-0.25, -0.2) is 0 Å². The first-order valence-electron chi connectivity index (χ1n) is 6.03. The summed E-state index contributed by atoms with van der Waals surface area (Å²) in [5, 5.41) is 8.94. The van der Waals surface area contributed by atoms with Gasteiger partial charge in [-0.05, 0) is 25.0 Å². The molecule has 1 heterocycles. The summed E-state index contributed by atoms with van der Waals surface area (Å²) in [5.74, 6) is -1.52. The van der Waals surface area contributed by atoms with E-state index in [0.29, 0.717) is 5.56 Å². The summed E-state index contributed by atoms with van der Waals surface area (Å²) < 4.78 is 0. The Kier molecular flexibility index (Phi) is 3.60. The molecule has 2 rings (SSSR count). The smallest absolute Gasteiger partial charge is 0.308 e. The Labute approximate surface area is 105 Å². The van der Waals surface area contributed by atoms with E-state index in [1.165, 1.54) is 0 Å². The maximum Gasteiger partial charge on any atom is 0.308 e. The molecular weight excluding hydrogens is 232 g/mol. The van der Waals surface area contributed by atoms with Gasteiger partial charge in [-0.15, -0.1) is 0 Å². The highest BCUT2D eigenvalue weighted by atomic mass is 16.4. The van der Waals surface area contributed by atoms with Crippen LogP contribution in [-0.4, -0.2) is 39.5 Å². The van der Waals surface area contributed by atoms with E-state index < -0.39 is 11.9 Å². The molecule has 1 aliphatic rings. The summed E-state index contributed by atoms with van der Waals surface area (Å²) in [6, 6.07) is 3.51. The van der Waals surface area contributed by atoms with Gasteiger partial charge in [0.25, 0.3) is 5.91 Å². The van der Waals surface area contributed by atoms with Gasteiger partial charge in [0.05, 0.1) is 5.92 Å². The Morgan fingerprint density at radius 1 is 1.44 bits per heavy atom. The molecule has 0 saturated heterocycles. The monoisotopic (exact) mass is 248 g/mol. The molecular formula is C13H16N2O3. The summed E-state index contributed by atoms with van der Waals surface area (Å²) >= 11 is 0. The Bertz CT molecular complexity index is 443. The van der Waals surface area contributed by atoms with Gasteiger partial charge >= 0.3 is 5.97 Å². The predicted octanol–water partition coefficient (Wildman–Crippen LogP) is 1.41. The van der Waals surface area contributed by atoms with Crippen molar-refractivity contribution in [1.82, 2.24) is 9.88 Å². The molecule has 5 nitrogen and oxygen atoms in total. The fourth-order valence-electron chi connectivity index (χ4n) is 1.82.